The normalized spacial score (nSPS) is 14.3. The second kappa shape index (κ2) is 9.31. The van der Waals surface area contributed by atoms with Gasteiger partial charge in [-0.15, -0.1) is 0 Å². The molecule has 1 aliphatic heterocycles. The first kappa shape index (κ1) is 23.3. The first-order valence-corrected chi connectivity index (χ1v) is 14.6. The van der Waals surface area contributed by atoms with Crippen LogP contribution in [0.2, 0.25) is 0 Å². The number of hydrogen-bond donors (Lipinski definition) is 1. The van der Waals surface area contributed by atoms with Crippen molar-refractivity contribution in [3.05, 3.63) is 65.4 Å². The van der Waals surface area contributed by atoms with Crippen molar-refractivity contribution in [2.75, 3.05) is 36.6 Å². The van der Waals surface area contributed by atoms with Gasteiger partial charge in [0, 0.05) is 30.3 Å². The fourth-order valence-corrected chi connectivity index (χ4v) is 5.32. The Hall–Kier alpha value is -3.44. The van der Waals surface area contributed by atoms with Crippen molar-refractivity contribution in [1.82, 2.24) is 19.5 Å². The molecule has 5 rings (SSSR count). The number of nitrogens with zero attached hydrogens (tertiary/aromatic N) is 5. The summed E-state index contributed by atoms with van der Waals surface area (Å²) in [6, 6.07) is 14.0. The highest BCUT2D eigenvalue weighted by Gasteiger charge is 2.18. The third-order valence-corrected chi connectivity index (χ3v) is 8.03. The van der Waals surface area contributed by atoms with Crippen LogP contribution in [0.15, 0.2) is 48.7 Å². The first-order chi connectivity index (χ1) is 16.8. The Morgan fingerprint density at radius 2 is 1.66 bits per heavy atom. The second-order valence-corrected chi connectivity index (χ2v) is 12.7. The molecule has 35 heavy (non-hydrogen) atoms. The van der Waals surface area contributed by atoms with E-state index in [1.54, 1.807) is 19.5 Å². The summed E-state index contributed by atoms with van der Waals surface area (Å²) in [5.74, 6) is 1.40. The molecule has 1 fully saturated rings. The van der Waals surface area contributed by atoms with E-state index >= 15 is 0 Å². The van der Waals surface area contributed by atoms with Crippen LogP contribution in [0.3, 0.4) is 0 Å². The minimum Gasteiger partial charge on any atom is -0.341 e. The van der Waals surface area contributed by atoms with Gasteiger partial charge in [0.2, 0.25) is 11.9 Å². The van der Waals surface area contributed by atoms with Gasteiger partial charge in [-0.3, -0.25) is 4.57 Å². The van der Waals surface area contributed by atoms with Gasteiger partial charge in [0.1, 0.15) is 12.7 Å². The minimum absolute atomic E-state index is 0.652. The lowest BCUT2D eigenvalue weighted by Gasteiger charge is -2.14. The van der Waals surface area contributed by atoms with Crippen LogP contribution in [0.25, 0.3) is 23.4 Å². The lowest BCUT2D eigenvalue weighted by atomic mass is 10.0. The number of fused-ring (bicyclic) bond motifs is 1. The molecular weight excluding hydrogens is 455 g/mol. The zero-order chi connectivity index (χ0) is 24.6. The summed E-state index contributed by atoms with van der Waals surface area (Å²) in [5.41, 5.74) is 5.96. The van der Waals surface area contributed by atoms with Gasteiger partial charge in [-0.1, -0.05) is 18.2 Å². The number of aryl methyl sites for hydroxylation is 2. The molecule has 1 N–H and O–H groups in total. The van der Waals surface area contributed by atoms with E-state index in [4.69, 9.17) is 9.97 Å². The molecular formula is C27H31N6OP. The molecule has 0 unspecified atom stereocenters. The second-order valence-electron chi connectivity index (χ2n) is 9.52. The van der Waals surface area contributed by atoms with Crippen LogP contribution in [0, 0.1) is 13.8 Å². The van der Waals surface area contributed by atoms with E-state index in [-0.39, 0.29) is 0 Å². The van der Waals surface area contributed by atoms with Gasteiger partial charge >= 0.3 is 0 Å². The summed E-state index contributed by atoms with van der Waals surface area (Å²) in [7, 11) is -2.31. The largest absolute Gasteiger partial charge is 0.341 e. The Morgan fingerprint density at radius 1 is 0.971 bits per heavy atom. The third kappa shape index (κ3) is 4.87. The lowest BCUT2D eigenvalue weighted by Crippen LogP contribution is -2.20. The van der Waals surface area contributed by atoms with Crippen LogP contribution in [0.1, 0.15) is 29.5 Å². The molecule has 0 amide bonds. The average Bonchev–Trinajstić information content (AvgIpc) is 3.47. The quantitative estimate of drug-likeness (QED) is 0.354. The zero-order valence-corrected chi connectivity index (χ0v) is 21.6. The summed E-state index contributed by atoms with van der Waals surface area (Å²) in [6.45, 7) is 9.76. The maximum atomic E-state index is 12.4. The molecule has 2 aromatic carbocycles. The highest BCUT2D eigenvalue weighted by Crippen LogP contribution is 2.35. The fraction of sp³-hybridized carbons (Fsp3) is 0.296. The van der Waals surface area contributed by atoms with Crippen LogP contribution in [-0.4, -0.2) is 45.9 Å². The summed E-state index contributed by atoms with van der Waals surface area (Å²) >= 11 is 0. The van der Waals surface area contributed by atoms with E-state index in [9.17, 15) is 4.57 Å². The Balaban J connectivity index is 1.58. The minimum atomic E-state index is -2.31. The number of aromatic nitrogens is 4. The number of nitrogens with one attached hydrogen (secondary N) is 1. The molecule has 1 aliphatic rings. The molecule has 0 bridgehead atoms. The van der Waals surface area contributed by atoms with Crippen molar-refractivity contribution in [2.45, 2.75) is 26.7 Å². The molecule has 0 atom stereocenters. The van der Waals surface area contributed by atoms with E-state index in [1.165, 1.54) is 29.5 Å². The molecule has 0 radical (unpaired) electrons. The molecule has 2 aromatic heterocycles. The molecule has 7 nitrogen and oxygen atoms in total. The first-order valence-electron chi connectivity index (χ1n) is 12.0. The summed E-state index contributed by atoms with van der Waals surface area (Å²) in [4.78, 5) is 16.5. The van der Waals surface area contributed by atoms with Gasteiger partial charge in [0.25, 0.3) is 0 Å². The number of hydrogen-bond acceptors (Lipinski definition) is 6. The predicted octanol–water partition coefficient (Wildman–Crippen LogP) is 5.66. The molecule has 0 spiro atoms. The smallest absolute Gasteiger partial charge is 0.227 e. The molecule has 180 valence electrons. The van der Waals surface area contributed by atoms with E-state index < -0.39 is 7.14 Å². The summed E-state index contributed by atoms with van der Waals surface area (Å²) in [5, 5.41) is 4.28. The SMILES string of the molecule is Cc1cccc(C)c1/C=C/n1c(Nc2ccc(P(C)(C)=O)cc2)nc2cnc(N3CCCC3)nc21. The maximum absolute atomic E-state index is 12.4. The number of anilines is 3. The summed E-state index contributed by atoms with van der Waals surface area (Å²) < 4.78 is 14.4. The van der Waals surface area contributed by atoms with Crippen molar-refractivity contribution in [1.29, 1.82) is 0 Å². The molecule has 0 aliphatic carbocycles. The van der Waals surface area contributed by atoms with Crippen molar-refractivity contribution >= 4 is 53.5 Å². The maximum Gasteiger partial charge on any atom is 0.227 e. The standard InChI is InChI=1S/C27H31N6OP/c1-19-8-7-9-20(2)23(19)14-17-33-25-24(18-28-26(31-25)32-15-5-6-16-32)30-27(33)29-21-10-12-22(13-11-21)35(3,4)34/h7-14,17-18H,5-6,15-16H2,1-4H3,(H,29,30)/b17-14+. The Kier molecular flexibility index (Phi) is 6.20. The van der Waals surface area contributed by atoms with Gasteiger partial charge in [0.05, 0.1) is 6.20 Å². The topological polar surface area (TPSA) is 75.9 Å². The molecule has 1 saturated heterocycles. The number of rotatable bonds is 6. The van der Waals surface area contributed by atoms with E-state index in [2.05, 4.69) is 53.3 Å². The van der Waals surface area contributed by atoms with Crippen LogP contribution >= 0.6 is 7.14 Å². The molecule has 4 aromatic rings. The predicted molar refractivity (Wildman–Crippen MR) is 147 cm³/mol. The number of imidazole rings is 1. The highest BCUT2D eigenvalue weighted by molar-refractivity contribution is 7.70. The molecule has 8 heteroatoms. The average molecular weight is 487 g/mol. The van der Waals surface area contributed by atoms with Crippen LogP contribution in [0.4, 0.5) is 17.6 Å². The Morgan fingerprint density at radius 3 is 2.31 bits per heavy atom. The van der Waals surface area contributed by atoms with E-state index in [0.717, 1.165) is 41.2 Å². The van der Waals surface area contributed by atoms with Gasteiger partial charge in [-0.25, -0.2) is 9.97 Å². The van der Waals surface area contributed by atoms with Crippen LogP contribution in [-0.2, 0) is 4.57 Å². The fourth-order valence-electron chi connectivity index (χ4n) is 4.45. The van der Waals surface area contributed by atoms with Crippen LogP contribution in [0.5, 0.6) is 0 Å². The summed E-state index contributed by atoms with van der Waals surface area (Å²) in [6.07, 6.45) is 8.27. The van der Waals surface area contributed by atoms with Gasteiger partial charge < -0.3 is 14.8 Å². The van der Waals surface area contributed by atoms with Gasteiger partial charge in [-0.2, -0.15) is 4.98 Å². The van der Waals surface area contributed by atoms with Crippen molar-refractivity contribution in [3.63, 3.8) is 0 Å². The molecule has 0 saturated carbocycles. The van der Waals surface area contributed by atoms with Crippen molar-refractivity contribution < 1.29 is 4.57 Å². The van der Waals surface area contributed by atoms with Crippen molar-refractivity contribution in [3.8, 4) is 0 Å². The van der Waals surface area contributed by atoms with E-state index in [0.29, 0.717) is 5.95 Å². The van der Waals surface area contributed by atoms with Crippen LogP contribution < -0.4 is 15.5 Å². The van der Waals surface area contributed by atoms with E-state index in [1.807, 2.05) is 35.0 Å². The highest BCUT2D eigenvalue weighted by atomic mass is 31.2. The zero-order valence-electron chi connectivity index (χ0n) is 20.7. The lowest BCUT2D eigenvalue weighted by molar-refractivity contribution is 0.588. The monoisotopic (exact) mass is 486 g/mol. The number of benzene rings is 2. The van der Waals surface area contributed by atoms with Crippen molar-refractivity contribution in [2.24, 2.45) is 0 Å². The Bertz CT molecular complexity index is 1420. The van der Waals surface area contributed by atoms with Gasteiger partial charge in [-0.05, 0) is 87.1 Å². The molecule has 3 heterocycles. The van der Waals surface area contributed by atoms with Gasteiger partial charge in [0.15, 0.2) is 5.65 Å². The third-order valence-electron chi connectivity index (χ3n) is 6.49. The Labute approximate surface area is 206 Å².